The lowest BCUT2D eigenvalue weighted by Crippen LogP contribution is -2.57. The van der Waals surface area contributed by atoms with E-state index >= 15 is 0 Å². The first kappa shape index (κ1) is 19.1. The maximum atomic E-state index is 13.4. The number of hydrogen-bond acceptors (Lipinski definition) is 4. The number of benzene rings is 1. The van der Waals surface area contributed by atoms with Gasteiger partial charge < -0.3 is 19.7 Å². The second-order valence-electron chi connectivity index (χ2n) is 6.11. The Bertz CT molecular complexity index is 567. The maximum absolute atomic E-state index is 13.4. The molecular weight excluding hydrogens is 335 g/mol. The molecule has 5 nitrogen and oxygen atoms in total. The standard InChI is InChI=1S/C17H23FN2O3.ClH/c1-22-17(5-7-19-8-6-17)16(21)20-9-10-23-15(12-20)13-3-2-4-14(18)11-13;/h2-4,11,15,19H,5-10,12H2,1H3;1H. The SMILES string of the molecule is COC1(C(=O)N2CCOC(c3cccc(F)c3)C2)CCNCC1.Cl. The molecule has 2 aliphatic rings. The van der Waals surface area contributed by atoms with Gasteiger partial charge >= 0.3 is 0 Å². The molecule has 1 atom stereocenters. The molecule has 0 radical (unpaired) electrons. The quantitative estimate of drug-likeness (QED) is 0.897. The first-order valence-corrected chi connectivity index (χ1v) is 8.07. The van der Waals surface area contributed by atoms with Crippen molar-refractivity contribution < 1.29 is 18.7 Å². The van der Waals surface area contributed by atoms with Crippen molar-refractivity contribution in [3.8, 4) is 0 Å². The van der Waals surface area contributed by atoms with Gasteiger partial charge in [-0.2, -0.15) is 0 Å². The van der Waals surface area contributed by atoms with E-state index in [-0.39, 0.29) is 30.2 Å². The number of nitrogens with zero attached hydrogens (tertiary/aromatic N) is 1. The molecule has 0 bridgehead atoms. The van der Waals surface area contributed by atoms with Crippen molar-refractivity contribution in [1.29, 1.82) is 0 Å². The number of rotatable bonds is 3. The minimum Gasteiger partial charge on any atom is -0.370 e. The van der Waals surface area contributed by atoms with Gasteiger partial charge in [0, 0.05) is 13.7 Å². The van der Waals surface area contributed by atoms with E-state index in [1.54, 1.807) is 18.1 Å². The number of ether oxygens (including phenoxy) is 2. The van der Waals surface area contributed by atoms with Gasteiger partial charge in [0.1, 0.15) is 17.5 Å². The number of halogens is 2. The Morgan fingerprint density at radius 1 is 1.42 bits per heavy atom. The lowest BCUT2D eigenvalue weighted by atomic mass is 9.90. The molecule has 134 valence electrons. The highest BCUT2D eigenvalue weighted by Gasteiger charge is 2.43. The van der Waals surface area contributed by atoms with E-state index in [1.165, 1.54) is 12.1 Å². The fourth-order valence-corrected chi connectivity index (χ4v) is 3.37. The third kappa shape index (κ3) is 3.88. The highest BCUT2D eigenvalue weighted by Crippen LogP contribution is 2.29. The molecule has 1 aromatic rings. The normalized spacial score (nSPS) is 23.4. The summed E-state index contributed by atoms with van der Waals surface area (Å²) in [6, 6.07) is 6.37. The van der Waals surface area contributed by atoms with Crippen LogP contribution in [0.3, 0.4) is 0 Å². The number of morpholine rings is 1. The van der Waals surface area contributed by atoms with Gasteiger partial charge in [0.2, 0.25) is 0 Å². The van der Waals surface area contributed by atoms with E-state index in [9.17, 15) is 9.18 Å². The van der Waals surface area contributed by atoms with Crippen molar-refractivity contribution in [2.24, 2.45) is 0 Å². The van der Waals surface area contributed by atoms with Crippen LogP contribution in [0.1, 0.15) is 24.5 Å². The van der Waals surface area contributed by atoms with Crippen LogP contribution in [0.5, 0.6) is 0 Å². The summed E-state index contributed by atoms with van der Waals surface area (Å²) >= 11 is 0. The van der Waals surface area contributed by atoms with Gasteiger partial charge in [0.25, 0.3) is 5.91 Å². The maximum Gasteiger partial charge on any atom is 0.255 e. The number of carbonyl (C=O) groups is 1. The van der Waals surface area contributed by atoms with Crippen LogP contribution in [0, 0.1) is 5.82 Å². The molecule has 2 fully saturated rings. The minimum absolute atomic E-state index is 0. The molecule has 1 unspecified atom stereocenters. The monoisotopic (exact) mass is 358 g/mol. The third-order valence-electron chi connectivity index (χ3n) is 4.77. The highest BCUT2D eigenvalue weighted by atomic mass is 35.5. The second kappa shape index (κ2) is 8.25. The average molecular weight is 359 g/mol. The number of carbonyl (C=O) groups excluding carboxylic acids is 1. The molecule has 24 heavy (non-hydrogen) atoms. The Hall–Kier alpha value is -1.21. The molecule has 0 saturated carbocycles. The Balaban J connectivity index is 0.00000208. The van der Waals surface area contributed by atoms with Crippen LogP contribution < -0.4 is 5.32 Å². The fraction of sp³-hybridized carbons (Fsp3) is 0.588. The van der Waals surface area contributed by atoms with Gasteiger partial charge in [-0.05, 0) is 43.6 Å². The van der Waals surface area contributed by atoms with Gasteiger partial charge in [0.05, 0.1) is 13.2 Å². The van der Waals surface area contributed by atoms with Crippen LogP contribution in [0.4, 0.5) is 4.39 Å². The van der Waals surface area contributed by atoms with Crippen molar-refractivity contribution in [2.75, 3.05) is 39.9 Å². The first-order chi connectivity index (χ1) is 11.1. The van der Waals surface area contributed by atoms with Gasteiger partial charge in [-0.25, -0.2) is 4.39 Å². The Morgan fingerprint density at radius 3 is 2.83 bits per heavy atom. The number of piperidine rings is 1. The summed E-state index contributed by atoms with van der Waals surface area (Å²) in [5.41, 5.74) is 0.0222. The summed E-state index contributed by atoms with van der Waals surface area (Å²) in [7, 11) is 1.60. The lowest BCUT2D eigenvalue weighted by molar-refractivity contribution is -0.165. The van der Waals surface area contributed by atoms with Crippen molar-refractivity contribution in [3.63, 3.8) is 0 Å². The lowest BCUT2D eigenvalue weighted by Gasteiger charge is -2.41. The molecule has 3 rings (SSSR count). The topological polar surface area (TPSA) is 50.8 Å². The van der Waals surface area contributed by atoms with Crippen molar-refractivity contribution in [1.82, 2.24) is 10.2 Å². The van der Waals surface area contributed by atoms with E-state index in [0.29, 0.717) is 32.5 Å². The molecular formula is C17H24ClFN2O3. The van der Waals surface area contributed by atoms with E-state index < -0.39 is 5.60 Å². The summed E-state index contributed by atoms with van der Waals surface area (Å²) in [5.74, 6) is -0.271. The average Bonchev–Trinajstić information content (AvgIpc) is 2.62. The van der Waals surface area contributed by atoms with E-state index in [4.69, 9.17) is 9.47 Å². The van der Waals surface area contributed by atoms with Crippen LogP contribution in [0.2, 0.25) is 0 Å². The number of hydrogen-bond donors (Lipinski definition) is 1. The summed E-state index contributed by atoms with van der Waals surface area (Å²) < 4.78 is 24.8. The number of methoxy groups -OCH3 is 1. The zero-order chi connectivity index (χ0) is 16.3. The van der Waals surface area contributed by atoms with Crippen LogP contribution in [-0.2, 0) is 14.3 Å². The molecule has 0 aliphatic carbocycles. The van der Waals surface area contributed by atoms with Gasteiger partial charge in [0.15, 0.2) is 0 Å². The fourth-order valence-electron chi connectivity index (χ4n) is 3.37. The third-order valence-corrected chi connectivity index (χ3v) is 4.77. The minimum atomic E-state index is -0.741. The highest BCUT2D eigenvalue weighted by molar-refractivity contribution is 5.86. The molecule has 1 aromatic carbocycles. The molecule has 7 heteroatoms. The smallest absolute Gasteiger partial charge is 0.255 e. The molecule has 0 spiro atoms. The summed E-state index contributed by atoms with van der Waals surface area (Å²) in [5, 5.41) is 3.26. The van der Waals surface area contributed by atoms with Gasteiger partial charge in [-0.15, -0.1) is 12.4 Å². The predicted molar refractivity (Wildman–Crippen MR) is 90.8 cm³/mol. The van der Waals surface area contributed by atoms with Crippen LogP contribution in [-0.4, -0.2) is 56.3 Å². The first-order valence-electron chi connectivity index (χ1n) is 8.07. The summed E-state index contributed by atoms with van der Waals surface area (Å²) in [6.07, 6.45) is 1.05. The molecule has 2 aliphatic heterocycles. The van der Waals surface area contributed by atoms with Crippen molar-refractivity contribution in [2.45, 2.75) is 24.5 Å². The van der Waals surface area contributed by atoms with Crippen molar-refractivity contribution in [3.05, 3.63) is 35.6 Å². The summed E-state index contributed by atoms with van der Waals surface area (Å²) in [4.78, 5) is 14.8. The number of nitrogens with one attached hydrogen (secondary N) is 1. The van der Waals surface area contributed by atoms with Gasteiger partial charge in [-0.1, -0.05) is 12.1 Å². The Kier molecular flexibility index (Phi) is 6.57. The number of amides is 1. The van der Waals surface area contributed by atoms with Crippen LogP contribution in [0.25, 0.3) is 0 Å². The van der Waals surface area contributed by atoms with E-state index in [0.717, 1.165) is 18.7 Å². The zero-order valence-corrected chi connectivity index (χ0v) is 14.6. The van der Waals surface area contributed by atoms with Gasteiger partial charge in [-0.3, -0.25) is 4.79 Å². The van der Waals surface area contributed by atoms with Crippen LogP contribution >= 0.6 is 12.4 Å². The van der Waals surface area contributed by atoms with Crippen molar-refractivity contribution >= 4 is 18.3 Å². The predicted octanol–water partition coefficient (Wildman–Crippen LogP) is 1.92. The summed E-state index contributed by atoms with van der Waals surface area (Å²) in [6.45, 7) is 2.98. The molecule has 1 N–H and O–H groups in total. The second-order valence-corrected chi connectivity index (χ2v) is 6.11. The largest absolute Gasteiger partial charge is 0.370 e. The van der Waals surface area contributed by atoms with E-state index in [2.05, 4.69) is 5.32 Å². The molecule has 2 heterocycles. The van der Waals surface area contributed by atoms with Crippen LogP contribution in [0.15, 0.2) is 24.3 Å². The molecule has 2 saturated heterocycles. The van der Waals surface area contributed by atoms with E-state index in [1.807, 2.05) is 6.07 Å². The Morgan fingerprint density at radius 2 is 2.17 bits per heavy atom. The molecule has 1 amide bonds. The Labute approximate surface area is 147 Å². The molecule has 0 aromatic heterocycles. The zero-order valence-electron chi connectivity index (χ0n) is 13.8.